The SMILES string of the molecule is CCn1nccc1[C@@H]1OCC[C@H]1C(=O)Nc1nc2ccccc2[nH]1. The van der Waals surface area contributed by atoms with Crippen LogP contribution in [0.2, 0.25) is 0 Å². The maximum atomic E-state index is 12.7. The van der Waals surface area contributed by atoms with Crippen molar-refractivity contribution in [1.82, 2.24) is 19.7 Å². The van der Waals surface area contributed by atoms with Gasteiger partial charge in [-0.1, -0.05) is 12.1 Å². The smallest absolute Gasteiger partial charge is 0.232 e. The van der Waals surface area contributed by atoms with E-state index in [0.29, 0.717) is 19.0 Å². The minimum absolute atomic E-state index is 0.0830. The van der Waals surface area contributed by atoms with Crippen LogP contribution in [0.3, 0.4) is 0 Å². The van der Waals surface area contributed by atoms with E-state index in [0.717, 1.165) is 23.3 Å². The van der Waals surface area contributed by atoms with Crippen molar-refractivity contribution >= 4 is 22.9 Å². The molecule has 3 heterocycles. The highest BCUT2D eigenvalue weighted by Crippen LogP contribution is 2.35. The lowest BCUT2D eigenvalue weighted by molar-refractivity contribution is -0.121. The van der Waals surface area contributed by atoms with Crippen molar-refractivity contribution < 1.29 is 9.53 Å². The molecule has 2 N–H and O–H groups in total. The number of aromatic amines is 1. The Bertz CT molecular complexity index is 836. The molecule has 0 bridgehead atoms. The number of nitrogens with zero attached hydrogens (tertiary/aromatic N) is 3. The Hall–Kier alpha value is -2.67. The van der Waals surface area contributed by atoms with Gasteiger partial charge in [-0.3, -0.25) is 14.8 Å². The summed E-state index contributed by atoms with van der Waals surface area (Å²) in [6.45, 7) is 3.34. The van der Waals surface area contributed by atoms with Crippen LogP contribution < -0.4 is 5.32 Å². The number of H-pyrrole nitrogens is 1. The van der Waals surface area contributed by atoms with Crippen molar-refractivity contribution in [2.45, 2.75) is 26.0 Å². The lowest BCUT2D eigenvalue weighted by Gasteiger charge is -2.18. The maximum absolute atomic E-state index is 12.7. The van der Waals surface area contributed by atoms with Crippen LogP contribution in [0.15, 0.2) is 36.5 Å². The van der Waals surface area contributed by atoms with Gasteiger partial charge in [0.2, 0.25) is 11.9 Å². The van der Waals surface area contributed by atoms with Gasteiger partial charge in [0.25, 0.3) is 0 Å². The standard InChI is InChI=1S/C17H19N5O2/c1-2-22-14(7-9-18-22)15-11(8-10-24-15)16(23)21-17-19-12-5-3-4-6-13(12)20-17/h3-7,9,11,15H,2,8,10H2,1H3,(H2,19,20,21,23)/t11-,15-/m1/s1. The zero-order chi connectivity index (χ0) is 16.5. The number of para-hydroxylation sites is 2. The van der Waals surface area contributed by atoms with Crippen LogP contribution in [0.25, 0.3) is 11.0 Å². The molecule has 0 spiro atoms. The van der Waals surface area contributed by atoms with E-state index in [4.69, 9.17) is 4.74 Å². The molecule has 0 radical (unpaired) electrons. The predicted molar refractivity (Wildman–Crippen MR) is 89.4 cm³/mol. The third-order valence-electron chi connectivity index (χ3n) is 4.40. The van der Waals surface area contributed by atoms with E-state index in [9.17, 15) is 4.79 Å². The molecule has 2 atom stereocenters. The number of benzene rings is 1. The molecular weight excluding hydrogens is 306 g/mol. The van der Waals surface area contributed by atoms with Crippen molar-refractivity contribution in [3.63, 3.8) is 0 Å². The van der Waals surface area contributed by atoms with Gasteiger partial charge in [0.05, 0.1) is 22.6 Å². The zero-order valence-electron chi connectivity index (χ0n) is 13.4. The van der Waals surface area contributed by atoms with Crippen LogP contribution >= 0.6 is 0 Å². The highest BCUT2D eigenvalue weighted by Gasteiger charge is 2.37. The molecule has 3 aromatic rings. The number of carbonyl (C=O) groups excluding carboxylic acids is 1. The zero-order valence-corrected chi connectivity index (χ0v) is 13.4. The van der Waals surface area contributed by atoms with E-state index in [2.05, 4.69) is 20.4 Å². The van der Waals surface area contributed by atoms with Crippen molar-refractivity contribution in [3.8, 4) is 0 Å². The Balaban J connectivity index is 1.54. The molecule has 1 saturated heterocycles. The fourth-order valence-electron chi connectivity index (χ4n) is 3.22. The van der Waals surface area contributed by atoms with Crippen LogP contribution in [0, 0.1) is 5.92 Å². The number of ether oxygens (including phenoxy) is 1. The van der Waals surface area contributed by atoms with E-state index >= 15 is 0 Å². The summed E-state index contributed by atoms with van der Waals surface area (Å²) in [6, 6.07) is 9.60. The summed E-state index contributed by atoms with van der Waals surface area (Å²) in [5, 5.41) is 7.16. The Kier molecular flexibility index (Phi) is 3.78. The first-order valence-corrected chi connectivity index (χ1v) is 8.15. The lowest BCUT2D eigenvalue weighted by atomic mass is 9.98. The molecule has 7 nitrogen and oxygen atoms in total. The molecule has 1 amide bonds. The van der Waals surface area contributed by atoms with Crippen molar-refractivity contribution in [3.05, 3.63) is 42.2 Å². The molecular formula is C17H19N5O2. The highest BCUT2D eigenvalue weighted by molar-refractivity contribution is 5.93. The fourth-order valence-corrected chi connectivity index (χ4v) is 3.22. The molecule has 1 aromatic carbocycles. The average molecular weight is 325 g/mol. The van der Waals surface area contributed by atoms with E-state index in [1.807, 2.05) is 41.9 Å². The maximum Gasteiger partial charge on any atom is 0.232 e. The van der Waals surface area contributed by atoms with Gasteiger partial charge in [-0.15, -0.1) is 0 Å². The summed E-state index contributed by atoms with van der Waals surface area (Å²) in [4.78, 5) is 20.2. The predicted octanol–water partition coefficient (Wildman–Crippen LogP) is 2.50. The van der Waals surface area contributed by atoms with E-state index in [1.54, 1.807) is 6.20 Å². The molecule has 4 rings (SSSR count). The molecule has 7 heteroatoms. The Morgan fingerprint density at radius 3 is 3.12 bits per heavy atom. The quantitative estimate of drug-likeness (QED) is 0.772. The molecule has 0 aliphatic carbocycles. The third-order valence-corrected chi connectivity index (χ3v) is 4.40. The van der Waals surface area contributed by atoms with E-state index in [-0.39, 0.29) is 17.9 Å². The number of aromatic nitrogens is 4. The summed E-state index contributed by atoms with van der Waals surface area (Å²) in [7, 11) is 0. The topological polar surface area (TPSA) is 84.8 Å². The second-order valence-corrected chi connectivity index (χ2v) is 5.85. The largest absolute Gasteiger partial charge is 0.371 e. The summed E-state index contributed by atoms with van der Waals surface area (Å²) < 4.78 is 7.69. The van der Waals surface area contributed by atoms with Gasteiger partial charge in [-0.05, 0) is 31.5 Å². The Labute approximate surface area is 139 Å². The van der Waals surface area contributed by atoms with Crippen LogP contribution in [0.4, 0.5) is 5.95 Å². The summed E-state index contributed by atoms with van der Waals surface area (Å²) in [5.74, 6) is 0.136. The summed E-state index contributed by atoms with van der Waals surface area (Å²) in [5.41, 5.74) is 2.67. The van der Waals surface area contributed by atoms with Crippen LogP contribution in [-0.2, 0) is 16.1 Å². The second-order valence-electron chi connectivity index (χ2n) is 5.85. The molecule has 2 aromatic heterocycles. The van der Waals surface area contributed by atoms with Gasteiger partial charge in [0.15, 0.2) is 0 Å². The molecule has 24 heavy (non-hydrogen) atoms. The van der Waals surface area contributed by atoms with Crippen LogP contribution in [-0.4, -0.2) is 32.3 Å². The van der Waals surface area contributed by atoms with Crippen molar-refractivity contribution in [1.29, 1.82) is 0 Å². The number of anilines is 1. The van der Waals surface area contributed by atoms with Gasteiger partial charge >= 0.3 is 0 Å². The first kappa shape index (κ1) is 14.9. The normalized spacial score (nSPS) is 20.5. The van der Waals surface area contributed by atoms with Crippen LogP contribution in [0.1, 0.15) is 25.1 Å². The average Bonchev–Trinajstić information content (AvgIpc) is 3.31. The first-order valence-electron chi connectivity index (χ1n) is 8.15. The van der Waals surface area contributed by atoms with Crippen molar-refractivity contribution in [2.75, 3.05) is 11.9 Å². The second kappa shape index (κ2) is 6.09. The number of aryl methyl sites for hydroxylation is 1. The number of carbonyl (C=O) groups is 1. The fraction of sp³-hybridized carbons (Fsp3) is 0.353. The van der Waals surface area contributed by atoms with E-state index in [1.165, 1.54) is 0 Å². The van der Waals surface area contributed by atoms with Gasteiger partial charge in [-0.2, -0.15) is 5.10 Å². The Morgan fingerprint density at radius 2 is 2.29 bits per heavy atom. The number of nitrogens with one attached hydrogen (secondary N) is 2. The molecule has 1 aliphatic rings. The third kappa shape index (κ3) is 2.56. The monoisotopic (exact) mass is 325 g/mol. The lowest BCUT2D eigenvalue weighted by Crippen LogP contribution is -2.27. The van der Waals surface area contributed by atoms with Gasteiger partial charge in [-0.25, -0.2) is 4.98 Å². The van der Waals surface area contributed by atoms with Gasteiger partial charge in [0, 0.05) is 19.3 Å². The summed E-state index contributed by atoms with van der Waals surface area (Å²) in [6.07, 6.45) is 2.16. The highest BCUT2D eigenvalue weighted by atomic mass is 16.5. The minimum Gasteiger partial charge on any atom is -0.371 e. The van der Waals surface area contributed by atoms with Gasteiger partial charge < -0.3 is 9.72 Å². The molecule has 0 saturated carbocycles. The Morgan fingerprint density at radius 1 is 1.42 bits per heavy atom. The molecule has 124 valence electrons. The van der Waals surface area contributed by atoms with Gasteiger partial charge in [0.1, 0.15) is 6.10 Å². The molecule has 1 aliphatic heterocycles. The number of rotatable bonds is 4. The minimum atomic E-state index is -0.267. The number of hydrogen-bond acceptors (Lipinski definition) is 4. The first-order chi connectivity index (χ1) is 11.8. The summed E-state index contributed by atoms with van der Waals surface area (Å²) >= 11 is 0. The van der Waals surface area contributed by atoms with Crippen LogP contribution in [0.5, 0.6) is 0 Å². The molecule has 1 fully saturated rings. The van der Waals surface area contributed by atoms with Crippen molar-refractivity contribution in [2.24, 2.45) is 5.92 Å². The number of hydrogen-bond donors (Lipinski definition) is 2. The molecule has 0 unspecified atom stereocenters. The number of amides is 1. The number of fused-ring (bicyclic) bond motifs is 1. The van der Waals surface area contributed by atoms with E-state index < -0.39 is 0 Å². The number of imidazole rings is 1.